The van der Waals surface area contributed by atoms with Crippen LogP contribution in [-0.2, 0) is 6.54 Å². The van der Waals surface area contributed by atoms with E-state index in [9.17, 15) is 10.1 Å². The van der Waals surface area contributed by atoms with Gasteiger partial charge in [0.25, 0.3) is 0 Å². The summed E-state index contributed by atoms with van der Waals surface area (Å²) in [5.74, 6) is -0.135. The van der Waals surface area contributed by atoms with Crippen molar-refractivity contribution in [1.29, 1.82) is 0 Å². The topological polar surface area (TPSA) is 73.4 Å². The summed E-state index contributed by atoms with van der Waals surface area (Å²) in [6.07, 6.45) is 3.36. The molecule has 104 valence electrons. The molecule has 0 aromatic carbocycles. The van der Waals surface area contributed by atoms with Crippen LogP contribution in [0.15, 0.2) is 6.20 Å². The van der Waals surface area contributed by atoms with E-state index in [-0.39, 0.29) is 11.4 Å². The molecule has 7 heteroatoms. The van der Waals surface area contributed by atoms with Gasteiger partial charge in [-0.1, -0.05) is 0 Å². The fraction of sp³-hybridized carbons (Fsp3) is 0.750. The van der Waals surface area contributed by atoms with Gasteiger partial charge in [0, 0.05) is 37.0 Å². The van der Waals surface area contributed by atoms with Gasteiger partial charge in [0.05, 0.1) is 6.54 Å². The molecule has 2 aliphatic heterocycles. The maximum absolute atomic E-state index is 10.7. The molecule has 1 fully saturated rings. The van der Waals surface area contributed by atoms with Gasteiger partial charge >= 0.3 is 11.8 Å². The Bertz CT molecular complexity index is 478. The van der Waals surface area contributed by atoms with E-state index in [1.807, 2.05) is 0 Å². The van der Waals surface area contributed by atoms with Crippen LogP contribution in [-0.4, -0.2) is 44.1 Å². The van der Waals surface area contributed by atoms with Crippen molar-refractivity contribution in [2.75, 3.05) is 13.1 Å². The second-order valence-corrected chi connectivity index (χ2v) is 5.68. The molecule has 0 bridgehead atoms. The van der Waals surface area contributed by atoms with Gasteiger partial charge in [-0.2, -0.15) is 0 Å². The summed E-state index contributed by atoms with van der Waals surface area (Å²) in [6, 6.07) is 0.946. The summed E-state index contributed by atoms with van der Waals surface area (Å²) in [4.78, 5) is 16.5. The number of aromatic nitrogens is 2. The number of hydrogen-bond acceptors (Lipinski definition) is 5. The van der Waals surface area contributed by atoms with Gasteiger partial charge in [-0.3, -0.25) is 4.57 Å². The maximum Gasteiger partial charge on any atom is 0.415 e. The highest BCUT2D eigenvalue weighted by molar-refractivity contribution is 5.24. The minimum Gasteiger partial charge on any atom is -0.437 e. The van der Waals surface area contributed by atoms with Gasteiger partial charge in [0.2, 0.25) is 0 Å². The van der Waals surface area contributed by atoms with Crippen LogP contribution in [0.25, 0.3) is 0 Å². The van der Waals surface area contributed by atoms with Crippen molar-refractivity contribution in [3.8, 4) is 6.01 Å². The normalized spacial score (nSPS) is 21.6. The number of ether oxygens (including phenoxy) is 1. The molecule has 0 N–H and O–H groups in total. The Morgan fingerprint density at radius 1 is 1.47 bits per heavy atom. The average Bonchev–Trinajstić information content (AvgIpc) is 2.85. The van der Waals surface area contributed by atoms with Crippen molar-refractivity contribution in [1.82, 2.24) is 14.5 Å². The minimum atomic E-state index is -0.483. The highest BCUT2D eigenvalue weighted by Gasteiger charge is 2.45. The first kappa shape index (κ1) is 12.4. The average molecular weight is 266 g/mol. The van der Waals surface area contributed by atoms with Gasteiger partial charge in [0.1, 0.15) is 11.8 Å². The molecule has 1 spiro atoms. The number of hydrogen-bond donors (Lipinski definition) is 0. The fourth-order valence-electron chi connectivity index (χ4n) is 2.91. The van der Waals surface area contributed by atoms with E-state index in [1.165, 1.54) is 6.20 Å². The molecule has 7 nitrogen and oxygen atoms in total. The first-order valence-corrected chi connectivity index (χ1v) is 6.64. The lowest BCUT2D eigenvalue weighted by atomic mass is 9.91. The predicted molar refractivity (Wildman–Crippen MR) is 68.2 cm³/mol. The van der Waals surface area contributed by atoms with E-state index in [0.29, 0.717) is 18.6 Å². The minimum absolute atomic E-state index is 0.135. The number of imidazole rings is 1. The van der Waals surface area contributed by atoms with Crippen LogP contribution in [0.3, 0.4) is 0 Å². The first-order chi connectivity index (χ1) is 8.99. The molecule has 0 unspecified atom stereocenters. The van der Waals surface area contributed by atoms with Crippen molar-refractivity contribution < 1.29 is 9.66 Å². The summed E-state index contributed by atoms with van der Waals surface area (Å²) in [7, 11) is 0. The van der Waals surface area contributed by atoms with E-state index in [4.69, 9.17) is 4.74 Å². The summed E-state index contributed by atoms with van der Waals surface area (Å²) in [5.41, 5.74) is -0.206. The van der Waals surface area contributed by atoms with Gasteiger partial charge < -0.3 is 19.8 Å². The smallest absolute Gasteiger partial charge is 0.415 e. The highest BCUT2D eigenvalue weighted by Crippen LogP contribution is 2.37. The number of fused-ring (bicyclic) bond motifs is 1. The molecule has 0 amide bonds. The monoisotopic (exact) mass is 266 g/mol. The van der Waals surface area contributed by atoms with Gasteiger partial charge in [-0.25, -0.2) is 0 Å². The van der Waals surface area contributed by atoms with E-state index in [1.54, 1.807) is 4.57 Å². The number of nitrogens with zero attached hydrogens (tertiary/aromatic N) is 4. The van der Waals surface area contributed by atoms with Crippen molar-refractivity contribution in [3.63, 3.8) is 0 Å². The van der Waals surface area contributed by atoms with Crippen LogP contribution >= 0.6 is 0 Å². The van der Waals surface area contributed by atoms with Crippen molar-refractivity contribution in [2.45, 2.75) is 44.9 Å². The van der Waals surface area contributed by atoms with Crippen LogP contribution in [0, 0.1) is 10.1 Å². The summed E-state index contributed by atoms with van der Waals surface area (Å²) >= 11 is 0. The SMILES string of the molecule is CC(C)N1CCC2(CC1)Cn1cc([N+](=O)[O-])nc1O2. The fourth-order valence-corrected chi connectivity index (χ4v) is 2.91. The van der Waals surface area contributed by atoms with Crippen molar-refractivity contribution in [2.24, 2.45) is 0 Å². The Morgan fingerprint density at radius 3 is 2.68 bits per heavy atom. The second-order valence-electron chi connectivity index (χ2n) is 5.68. The Labute approximate surface area is 111 Å². The zero-order valence-electron chi connectivity index (χ0n) is 11.2. The summed E-state index contributed by atoms with van der Waals surface area (Å²) in [6.45, 7) is 7.08. The lowest BCUT2D eigenvalue weighted by molar-refractivity contribution is -0.389. The summed E-state index contributed by atoms with van der Waals surface area (Å²) in [5, 5.41) is 10.7. The predicted octanol–water partition coefficient (Wildman–Crippen LogP) is 1.43. The molecular weight excluding hydrogens is 248 g/mol. The van der Waals surface area contributed by atoms with Crippen LogP contribution in [0.2, 0.25) is 0 Å². The molecule has 1 saturated heterocycles. The molecule has 0 atom stereocenters. The van der Waals surface area contributed by atoms with Crippen LogP contribution in [0.5, 0.6) is 6.01 Å². The third-order valence-corrected chi connectivity index (χ3v) is 4.12. The molecule has 0 aliphatic carbocycles. The second kappa shape index (κ2) is 4.19. The van der Waals surface area contributed by atoms with E-state index in [2.05, 4.69) is 23.7 Å². The van der Waals surface area contributed by atoms with Crippen molar-refractivity contribution in [3.05, 3.63) is 16.3 Å². The van der Waals surface area contributed by atoms with Crippen LogP contribution in [0.4, 0.5) is 5.82 Å². The Balaban J connectivity index is 1.70. The lowest BCUT2D eigenvalue weighted by Gasteiger charge is -2.39. The highest BCUT2D eigenvalue weighted by atomic mass is 16.6. The van der Waals surface area contributed by atoms with Gasteiger partial charge in [-0.05, 0) is 18.8 Å². The Kier molecular flexibility index (Phi) is 2.74. The molecule has 2 aliphatic rings. The summed E-state index contributed by atoms with van der Waals surface area (Å²) < 4.78 is 7.68. The zero-order chi connectivity index (χ0) is 13.6. The van der Waals surface area contributed by atoms with Crippen LogP contribution < -0.4 is 4.74 Å². The van der Waals surface area contributed by atoms with Crippen LogP contribution in [0.1, 0.15) is 26.7 Å². The molecule has 1 aromatic heterocycles. The Morgan fingerprint density at radius 2 is 2.16 bits per heavy atom. The standard InChI is InChI=1S/C12H18N4O3/c1-9(2)14-5-3-12(4-6-14)8-15-7-10(16(17)18)13-11(15)19-12/h7,9H,3-6,8H2,1-2H3. The molecular formula is C12H18N4O3. The van der Waals surface area contributed by atoms with Gasteiger partial charge in [0.15, 0.2) is 0 Å². The number of likely N-dealkylation sites (tertiary alicyclic amines) is 1. The number of nitro groups is 1. The maximum atomic E-state index is 10.7. The lowest BCUT2D eigenvalue weighted by Crippen LogP contribution is -2.49. The molecule has 0 radical (unpaired) electrons. The molecule has 19 heavy (non-hydrogen) atoms. The third kappa shape index (κ3) is 2.07. The molecule has 3 rings (SSSR count). The largest absolute Gasteiger partial charge is 0.437 e. The first-order valence-electron chi connectivity index (χ1n) is 6.64. The van der Waals surface area contributed by atoms with E-state index in [0.717, 1.165) is 25.9 Å². The number of piperidine rings is 1. The third-order valence-electron chi connectivity index (χ3n) is 4.12. The molecule has 3 heterocycles. The number of rotatable bonds is 2. The van der Waals surface area contributed by atoms with E-state index < -0.39 is 4.92 Å². The Hall–Kier alpha value is -1.63. The quantitative estimate of drug-likeness (QED) is 0.598. The van der Waals surface area contributed by atoms with E-state index >= 15 is 0 Å². The van der Waals surface area contributed by atoms with Crippen molar-refractivity contribution >= 4 is 5.82 Å². The molecule has 1 aromatic rings. The molecule has 0 saturated carbocycles. The zero-order valence-corrected chi connectivity index (χ0v) is 11.2. The van der Waals surface area contributed by atoms with Gasteiger partial charge in [-0.15, -0.1) is 0 Å².